The molecule has 0 aliphatic heterocycles. The summed E-state index contributed by atoms with van der Waals surface area (Å²) in [5.74, 6) is 0.0620. The summed E-state index contributed by atoms with van der Waals surface area (Å²) in [4.78, 5) is 0. The van der Waals surface area contributed by atoms with E-state index in [0.29, 0.717) is 15.2 Å². The molecule has 0 aliphatic carbocycles. The maximum atomic E-state index is 13.4. The minimum Gasteiger partial charge on any atom is -0.483 e. The van der Waals surface area contributed by atoms with Crippen molar-refractivity contribution >= 4 is 27.5 Å². The molecule has 0 fully saturated rings. The van der Waals surface area contributed by atoms with Gasteiger partial charge in [-0.25, -0.2) is 4.39 Å². The van der Waals surface area contributed by atoms with E-state index in [0.717, 1.165) is 12.0 Å². The highest BCUT2D eigenvalue weighted by Crippen LogP contribution is 2.32. The van der Waals surface area contributed by atoms with E-state index in [4.69, 9.17) is 22.1 Å². The van der Waals surface area contributed by atoms with Crippen LogP contribution in [0.15, 0.2) is 46.9 Å². The van der Waals surface area contributed by atoms with E-state index in [1.807, 2.05) is 25.1 Å². The highest BCUT2D eigenvalue weighted by Gasteiger charge is 2.22. The third kappa shape index (κ3) is 4.19. The molecule has 2 atom stereocenters. The van der Waals surface area contributed by atoms with Gasteiger partial charge in [0, 0.05) is 17.1 Å². The predicted octanol–water partition coefficient (Wildman–Crippen LogP) is 5.10. The highest BCUT2D eigenvalue weighted by molar-refractivity contribution is 9.10. The Kier molecular flexibility index (Phi) is 5.62. The lowest BCUT2D eigenvalue weighted by molar-refractivity contribution is 0.169. The summed E-state index contributed by atoms with van der Waals surface area (Å²) in [5.41, 5.74) is 7.03. The van der Waals surface area contributed by atoms with Crippen molar-refractivity contribution in [3.8, 4) is 5.75 Å². The summed E-state index contributed by atoms with van der Waals surface area (Å²) in [5, 5.41) is 0.614. The molecule has 2 unspecified atom stereocenters. The van der Waals surface area contributed by atoms with Crippen LogP contribution in [0.4, 0.5) is 4.39 Å². The monoisotopic (exact) mass is 371 g/mol. The molecular formula is C16H16BrClFNO. The maximum absolute atomic E-state index is 13.4. The number of halogens is 3. The fraction of sp³-hybridized carbons (Fsp3) is 0.250. The average molecular weight is 373 g/mol. The van der Waals surface area contributed by atoms with Crippen LogP contribution in [0.3, 0.4) is 0 Å². The minimum absolute atomic E-state index is 0.223. The molecule has 0 aliphatic rings. The largest absolute Gasteiger partial charge is 0.483 e. The first-order valence-corrected chi connectivity index (χ1v) is 7.81. The number of nitrogens with two attached hydrogens (primary N) is 1. The Balaban J connectivity index is 2.35. The highest BCUT2D eigenvalue weighted by atomic mass is 79.9. The van der Waals surface area contributed by atoms with Crippen LogP contribution in [0.5, 0.6) is 5.75 Å². The lowest BCUT2D eigenvalue weighted by Crippen LogP contribution is -2.31. The number of ether oxygens (including phenoxy) is 1. The van der Waals surface area contributed by atoms with Gasteiger partial charge >= 0.3 is 0 Å². The van der Waals surface area contributed by atoms with E-state index >= 15 is 0 Å². The first-order chi connectivity index (χ1) is 10.0. The quantitative estimate of drug-likeness (QED) is 0.792. The van der Waals surface area contributed by atoms with E-state index in [1.165, 1.54) is 12.1 Å². The van der Waals surface area contributed by atoms with Crippen molar-refractivity contribution in [2.45, 2.75) is 25.5 Å². The summed E-state index contributed by atoms with van der Waals surface area (Å²) in [6.45, 7) is 1.98. The normalized spacial score (nSPS) is 13.8. The topological polar surface area (TPSA) is 35.2 Å². The van der Waals surface area contributed by atoms with Gasteiger partial charge in [0.05, 0.1) is 4.47 Å². The zero-order valence-electron chi connectivity index (χ0n) is 11.5. The van der Waals surface area contributed by atoms with Crippen molar-refractivity contribution in [3.63, 3.8) is 0 Å². The van der Waals surface area contributed by atoms with Gasteiger partial charge in [0.15, 0.2) is 0 Å². The van der Waals surface area contributed by atoms with Gasteiger partial charge in [-0.2, -0.15) is 0 Å². The number of hydrogen-bond acceptors (Lipinski definition) is 2. The zero-order valence-corrected chi connectivity index (χ0v) is 13.9. The Hall–Kier alpha value is -1.10. The third-order valence-corrected chi connectivity index (χ3v) is 4.07. The lowest BCUT2D eigenvalue weighted by Gasteiger charge is -2.25. The second-order valence-electron chi connectivity index (χ2n) is 4.74. The molecule has 0 bridgehead atoms. The number of benzene rings is 2. The Bertz CT molecular complexity index is 623. The molecule has 2 rings (SSSR count). The molecule has 0 saturated carbocycles. The van der Waals surface area contributed by atoms with Gasteiger partial charge in [-0.3, -0.25) is 0 Å². The van der Waals surface area contributed by atoms with Gasteiger partial charge in [0.1, 0.15) is 17.7 Å². The SMILES string of the molecule is CCC(N)C(Oc1cc(F)ccc1Br)c1cccc(Cl)c1. The summed E-state index contributed by atoms with van der Waals surface area (Å²) < 4.78 is 20.0. The van der Waals surface area contributed by atoms with Crippen LogP contribution in [-0.2, 0) is 0 Å². The first kappa shape index (κ1) is 16.3. The fourth-order valence-electron chi connectivity index (χ4n) is 2.00. The molecule has 2 nitrogen and oxygen atoms in total. The Morgan fingerprint density at radius 3 is 2.71 bits per heavy atom. The molecule has 2 aromatic carbocycles. The Morgan fingerprint density at radius 2 is 2.05 bits per heavy atom. The van der Waals surface area contributed by atoms with Gasteiger partial charge in [-0.1, -0.05) is 30.7 Å². The summed E-state index contributed by atoms with van der Waals surface area (Å²) >= 11 is 9.39. The molecule has 2 aromatic rings. The summed E-state index contributed by atoms with van der Waals surface area (Å²) in [7, 11) is 0. The molecule has 0 saturated heterocycles. The van der Waals surface area contributed by atoms with E-state index in [-0.39, 0.29) is 11.9 Å². The lowest BCUT2D eigenvalue weighted by atomic mass is 10.0. The van der Waals surface area contributed by atoms with E-state index in [9.17, 15) is 4.39 Å². The van der Waals surface area contributed by atoms with Crippen LogP contribution >= 0.6 is 27.5 Å². The van der Waals surface area contributed by atoms with Gasteiger partial charge in [-0.05, 0) is 52.2 Å². The van der Waals surface area contributed by atoms with Gasteiger partial charge < -0.3 is 10.5 Å². The van der Waals surface area contributed by atoms with Crippen LogP contribution in [0.25, 0.3) is 0 Å². The molecule has 0 spiro atoms. The maximum Gasteiger partial charge on any atom is 0.139 e. The average Bonchev–Trinajstić information content (AvgIpc) is 2.47. The molecule has 112 valence electrons. The van der Waals surface area contributed by atoms with E-state index in [2.05, 4.69) is 15.9 Å². The van der Waals surface area contributed by atoms with Crippen LogP contribution in [0, 0.1) is 5.82 Å². The Labute approximate surface area is 137 Å². The molecular weight excluding hydrogens is 357 g/mol. The molecule has 0 amide bonds. The van der Waals surface area contributed by atoms with Crippen molar-refractivity contribution in [1.82, 2.24) is 0 Å². The minimum atomic E-state index is -0.396. The first-order valence-electron chi connectivity index (χ1n) is 6.64. The van der Waals surface area contributed by atoms with Gasteiger partial charge in [0.2, 0.25) is 0 Å². The van der Waals surface area contributed by atoms with Crippen molar-refractivity contribution in [2.24, 2.45) is 5.73 Å². The molecule has 2 N–H and O–H groups in total. The van der Waals surface area contributed by atoms with Crippen LogP contribution in [-0.4, -0.2) is 6.04 Å². The van der Waals surface area contributed by atoms with E-state index in [1.54, 1.807) is 12.1 Å². The zero-order chi connectivity index (χ0) is 15.4. The van der Waals surface area contributed by atoms with Gasteiger partial charge in [0.25, 0.3) is 0 Å². The predicted molar refractivity (Wildman–Crippen MR) is 87.2 cm³/mol. The Morgan fingerprint density at radius 1 is 1.29 bits per heavy atom. The van der Waals surface area contributed by atoms with Crippen molar-refractivity contribution in [1.29, 1.82) is 0 Å². The molecule has 0 radical (unpaired) electrons. The second kappa shape index (κ2) is 7.25. The second-order valence-corrected chi connectivity index (χ2v) is 6.03. The number of hydrogen-bond donors (Lipinski definition) is 1. The summed E-state index contributed by atoms with van der Waals surface area (Å²) in [6, 6.07) is 11.4. The third-order valence-electron chi connectivity index (χ3n) is 3.18. The van der Waals surface area contributed by atoms with Crippen molar-refractivity contribution in [2.75, 3.05) is 0 Å². The molecule has 21 heavy (non-hydrogen) atoms. The smallest absolute Gasteiger partial charge is 0.139 e. The van der Waals surface area contributed by atoms with E-state index < -0.39 is 6.10 Å². The van der Waals surface area contributed by atoms with Crippen LogP contribution < -0.4 is 10.5 Å². The van der Waals surface area contributed by atoms with Crippen molar-refractivity contribution < 1.29 is 9.13 Å². The van der Waals surface area contributed by atoms with Crippen LogP contribution in [0.1, 0.15) is 25.0 Å². The molecule has 0 heterocycles. The number of rotatable bonds is 5. The summed E-state index contributed by atoms with van der Waals surface area (Å²) in [6.07, 6.45) is 0.330. The molecule has 5 heteroatoms. The van der Waals surface area contributed by atoms with Crippen molar-refractivity contribution in [3.05, 3.63) is 63.3 Å². The fourth-order valence-corrected chi connectivity index (χ4v) is 2.54. The van der Waals surface area contributed by atoms with Crippen LogP contribution in [0.2, 0.25) is 5.02 Å². The standard InChI is InChI=1S/C16H16BrClFNO/c1-2-14(20)16(10-4-3-5-11(18)8-10)21-15-9-12(19)6-7-13(15)17/h3-9,14,16H,2,20H2,1H3. The molecule has 0 aromatic heterocycles. The van der Waals surface area contributed by atoms with Gasteiger partial charge in [-0.15, -0.1) is 0 Å².